The van der Waals surface area contributed by atoms with Crippen LogP contribution in [0.1, 0.15) is 15.9 Å². The molecule has 0 spiro atoms. The second-order valence-corrected chi connectivity index (χ2v) is 8.76. The smallest absolute Gasteiger partial charge is 0.322 e. The molecule has 0 atom stereocenters. The molecule has 10 nitrogen and oxygen atoms in total. The number of amides is 4. The molecular weight excluding hydrogens is 592 g/mol. The van der Waals surface area contributed by atoms with Gasteiger partial charge in [-0.05, 0) is 58.5 Å². The van der Waals surface area contributed by atoms with Crippen LogP contribution >= 0.6 is 35.2 Å². The number of imide groups is 1. The standard InChI is InChI=1S/C22H19FIN5O5S/c1-29-17(30)9-16(18(19(25)31)20(29)27-15-6-5-12(24)8-14(15)23)34-13-4-2-3-11(7-13)10-26-21(32)28-22(33)35/h2-9,27H,10H2,1H3,(H2,25,31)(H3,26,28,32,33,35). The topological polar surface area (TPSA) is 145 Å². The number of nitrogens with two attached hydrogens (primary N) is 1. The zero-order chi connectivity index (χ0) is 25.7. The van der Waals surface area contributed by atoms with Crippen LogP contribution in [0.5, 0.6) is 11.5 Å². The summed E-state index contributed by atoms with van der Waals surface area (Å²) in [7, 11) is 1.40. The number of rotatable bonds is 7. The van der Waals surface area contributed by atoms with E-state index < -0.39 is 28.6 Å². The summed E-state index contributed by atoms with van der Waals surface area (Å²) in [5, 5.41) is 6.37. The van der Waals surface area contributed by atoms with E-state index in [0.717, 1.165) is 10.6 Å². The third-order valence-electron chi connectivity index (χ3n) is 4.63. The second-order valence-electron chi connectivity index (χ2n) is 7.11. The number of ether oxygens (including phenoxy) is 1. The molecule has 0 saturated carbocycles. The molecule has 0 bridgehead atoms. The number of halogens is 2. The maximum Gasteiger partial charge on any atom is 0.322 e. The van der Waals surface area contributed by atoms with Crippen LogP contribution in [0, 0.1) is 9.39 Å². The van der Waals surface area contributed by atoms with Crippen molar-refractivity contribution in [3.8, 4) is 11.5 Å². The Morgan fingerprint density at radius 2 is 1.91 bits per heavy atom. The van der Waals surface area contributed by atoms with E-state index in [1.54, 1.807) is 30.3 Å². The van der Waals surface area contributed by atoms with Crippen molar-refractivity contribution in [3.05, 3.63) is 79.4 Å². The molecule has 182 valence electrons. The van der Waals surface area contributed by atoms with Crippen molar-refractivity contribution in [2.75, 3.05) is 5.32 Å². The fourth-order valence-corrected chi connectivity index (χ4v) is 3.58. The molecule has 0 saturated heterocycles. The van der Waals surface area contributed by atoms with Gasteiger partial charge >= 0.3 is 6.03 Å². The maximum absolute atomic E-state index is 14.4. The third kappa shape index (κ3) is 6.73. The SMILES string of the molecule is Cn1c(Nc2ccc(I)cc2F)c(C(N)=O)c(Oc2cccc(CNC(=O)NC(=O)S)c2)cc1=O. The van der Waals surface area contributed by atoms with E-state index >= 15 is 0 Å². The summed E-state index contributed by atoms with van der Waals surface area (Å²) in [5.41, 5.74) is 5.52. The molecule has 0 aliphatic heterocycles. The van der Waals surface area contributed by atoms with E-state index in [9.17, 15) is 23.6 Å². The van der Waals surface area contributed by atoms with Crippen molar-refractivity contribution < 1.29 is 23.5 Å². The molecule has 3 rings (SSSR count). The molecule has 3 aromatic rings. The van der Waals surface area contributed by atoms with E-state index in [4.69, 9.17) is 10.5 Å². The highest BCUT2D eigenvalue weighted by atomic mass is 127. The summed E-state index contributed by atoms with van der Waals surface area (Å²) in [6.45, 7) is 0.0439. The average Bonchev–Trinajstić information content (AvgIpc) is 2.77. The molecule has 1 aromatic heterocycles. The van der Waals surface area contributed by atoms with Crippen LogP contribution in [0.4, 0.5) is 25.5 Å². The van der Waals surface area contributed by atoms with E-state index in [2.05, 4.69) is 23.3 Å². The predicted molar refractivity (Wildman–Crippen MR) is 139 cm³/mol. The van der Waals surface area contributed by atoms with Gasteiger partial charge in [0.1, 0.15) is 28.7 Å². The first kappa shape index (κ1) is 26.0. The number of primary amides is 1. The number of hydrogen-bond donors (Lipinski definition) is 5. The minimum Gasteiger partial charge on any atom is -0.456 e. The van der Waals surface area contributed by atoms with Crippen molar-refractivity contribution in [1.29, 1.82) is 0 Å². The summed E-state index contributed by atoms with van der Waals surface area (Å²) < 4.78 is 22.0. The summed E-state index contributed by atoms with van der Waals surface area (Å²) >= 11 is 5.41. The minimum atomic E-state index is -0.907. The normalized spacial score (nSPS) is 10.4. The summed E-state index contributed by atoms with van der Waals surface area (Å²) in [6, 6.07) is 11.2. The van der Waals surface area contributed by atoms with Gasteiger partial charge in [-0.25, -0.2) is 9.18 Å². The Balaban J connectivity index is 1.94. The van der Waals surface area contributed by atoms with Gasteiger partial charge in [-0.3, -0.25) is 24.3 Å². The zero-order valence-corrected chi connectivity index (χ0v) is 21.1. The lowest BCUT2D eigenvalue weighted by atomic mass is 10.2. The van der Waals surface area contributed by atoms with Gasteiger partial charge in [0, 0.05) is 23.2 Å². The Hall–Kier alpha value is -3.59. The van der Waals surface area contributed by atoms with Gasteiger partial charge in [0.25, 0.3) is 16.7 Å². The Labute approximate surface area is 217 Å². The zero-order valence-electron chi connectivity index (χ0n) is 18.1. The molecular formula is C22H19FIN5O5S. The van der Waals surface area contributed by atoms with Crippen molar-refractivity contribution in [1.82, 2.24) is 15.2 Å². The second kappa shape index (κ2) is 11.2. The van der Waals surface area contributed by atoms with Gasteiger partial charge in [-0.15, -0.1) is 0 Å². The monoisotopic (exact) mass is 611 g/mol. The first-order valence-electron chi connectivity index (χ1n) is 9.85. The Bertz CT molecular complexity index is 1380. The molecule has 1 heterocycles. The van der Waals surface area contributed by atoms with E-state index in [0.29, 0.717) is 9.13 Å². The highest BCUT2D eigenvalue weighted by molar-refractivity contribution is 14.1. The number of nitrogens with one attached hydrogen (secondary N) is 3. The molecule has 2 aromatic carbocycles. The molecule has 0 aliphatic rings. The lowest BCUT2D eigenvalue weighted by molar-refractivity contribution is 0.0998. The number of pyridine rings is 1. The van der Waals surface area contributed by atoms with Crippen LogP contribution in [0.3, 0.4) is 0 Å². The van der Waals surface area contributed by atoms with Gasteiger partial charge in [0.15, 0.2) is 0 Å². The van der Waals surface area contributed by atoms with Crippen LogP contribution in [0.25, 0.3) is 0 Å². The Morgan fingerprint density at radius 1 is 1.17 bits per heavy atom. The first-order valence-corrected chi connectivity index (χ1v) is 11.4. The number of benzene rings is 2. The predicted octanol–water partition coefficient (Wildman–Crippen LogP) is 3.61. The van der Waals surface area contributed by atoms with Gasteiger partial charge in [-0.2, -0.15) is 0 Å². The first-order chi connectivity index (χ1) is 16.5. The van der Waals surface area contributed by atoms with Crippen LogP contribution in [-0.2, 0) is 13.6 Å². The van der Waals surface area contributed by atoms with E-state index in [1.165, 1.54) is 19.2 Å². The number of carbonyl (C=O) groups excluding carboxylic acids is 3. The Kier molecular flexibility index (Phi) is 8.34. The number of nitrogens with zero attached hydrogens (tertiary/aromatic N) is 1. The van der Waals surface area contributed by atoms with Crippen LogP contribution in [0.15, 0.2) is 53.3 Å². The fraction of sp³-hybridized carbons (Fsp3) is 0.0909. The minimum absolute atomic E-state index is 0.0334. The molecule has 0 fully saturated rings. The third-order valence-corrected chi connectivity index (χ3v) is 5.42. The quantitative estimate of drug-likeness (QED) is 0.204. The van der Waals surface area contributed by atoms with Gasteiger partial charge < -0.3 is 21.1 Å². The lowest BCUT2D eigenvalue weighted by Crippen LogP contribution is -2.36. The average molecular weight is 611 g/mol. The van der Waals surface area contributed by atoms with Crippen molar-refractivity contribution in [3.63, 3.8) is 0 Å². The highest BCUT2D eigenvalue weighted by Crippen LogP contribution is 2.31. The summed E-state index contributed by atoms with van der Waals surface area (Å²) in [5.74, 6) is -1.45. The van der Waals surface area contributed by atoms with Crippen LogP contribution < -0.4 is 32.0 Å². The molecule has 0 radical (unpaired) electrons. The molecule has 13 heteroatoms. The molecule has 0 aliphatic carbocycles. The van der Waals surface area contributed by atoms with Gasteiger partial charge in [0.2, 0.25) is 0 Å². The molecule has 0 unspecified atom stereocenters. The molecule has 4 amide bonds. The van der Waals surface area contributed by atoms with Crippen LogP contribution in [0.2, 0.25) is 0 Å². The summed E-state index contributed by atoms with van der Waals surface area (Å²) in [6.07, 6.45) is 0. The lowest BCUT2D eigenvalue weighted by Gasteiger charge is -2.18. The van der Waals surface area contributed by atoms with E-state index in [-0.39, 0.29) is 35.1 Å². The molecule has 5 N–H and O–H groups in total. The van der Waals surface area contributed by atoms with E-state index in [1.807, 2.05) is 27.9 Å². The van der Waals surface area contributed by atoms with Crippen molar-refractivity contribution in [2.24, 2.45) is 12.8 Å². The number of aromatic nitrogens is 1. The number of hydrogen-bond acceptors (Lipinski definition) is 6. The molecule has 35 heavy (non-hydrogen) atoms. The maximum atomic E-state index is 14.4. The highest BCUT2D eigenvalue weighted by Gasteiger charge is 2.22. The largest absolute Gasteiger partial charge is 0.456 e. The number of carbonyl (C=O) groups is 3. The Morgan fingerprint density at radius 3 is 2.57 bits per heavy atom. The van der Waals surface area contributed by atoms with Crippen LogP contribution in [-0.4, -0.2) is 21.7 Å². The van der Waals surface area contributed by atoms with Gasteiger partial charge in [-0.1, -0.05) is 24.8 Å². The number of thiol groups is 1. The summed E-state index contributed by atoms with van der Waals surface area (Å²) in [4.78, 5) is 47.4. The number of anilines is 2. The van der Waals surface area contributed by atoms with Crippen molar-refractivity contribution >= 4 is 63.9 Å². The fourth-order valence-electron chi connectivity index (χ4n) is 3.03. The van der Waals surface area contributed by atoms with Crippen molar-refractivity contribution in [2.45, 2.75) is 6.54 Å². The number of urea groups is 1. The van der Waals surface area contributed by atoms with Gasteiger partial charge in [0.05, 0.1) is 5.69 Å².